The van der Waals surface area contributed by atoms with Gasteiger partial charge in [0.1, 0.15) is 17.9 Å². The summed E-state index contributed by atoms with van der Waals surface area (Å²) in [5, 5.41) is 14.6. The summed E-state index contributed by atoms with van der Waals surface area (Å²) in [4.78, 5) is 18.6. The highest BCUT2D eigenvalue weighted by molar-refractivity contribution is 6.33. The van der Waals surface area contributed by atoms with E-state index in [0.717, 1.165) is 30.3 Å². The first kappa shape index (κ1) is 18.1. The molecule has 1 saturated heterocycles. The number of benzene rings is 2. The van der Waals surface area contributed by atoms with Crippen LogP contribution in [0.2, 0.25) is 5.02 Å². The SMILES string of the molecule is O=C(c1cc(O)ccc1F)N1CC2(CC(n3ncnc3-c3ccccc3Cl)C2)C1. The molecule has 3 aromatic rings. The summed E-state index contributed by atoms with van der Waals surface area (Å²) in [5.41, 5.74) is 0.794. The molecule has 1 aliphatic heterocycles. The molecule has 1 saturated carbocycles. The minimum Gasteiger partial charge on any atom is -0.508 e. The van der Waals surface area contributed by atoms with E-state index in [1.54, 1.807) is 4.90 Å². The number of carbonyl (C=O) groups excluding carboxylic acids is 1. The Morgan fingerprint density at radius 3 is 2.72 bits per heavy atom. The number of hydrogen-bond donors (Lipinski definition) is 1. The van der Waals surface area contributed by atoms with Crippen molar-refractivity contribution in [3.8, 4) is 17.1 Å². The summed E-state index contributed by atoms with van der Waals surface area (Å²) in [6.07, 6.45) is 3.28. The maximum Gasteiger partial charge on any atom is 0.257 e. The number of nitrogens with zero attached hydrogens (tertiary/aromatic N) is 4. The Balaban J connectivity index is 1.27. The summed E-state index contributed by atoms with van der Waals surface area (Å²) in [6.45, 7) is 1.15. The van der Waals surface area contributed by atoms with Gasteiger partial charge in [0.25, 0.3) is 5.91 Å². The number of halogens is 2. The molecular formula is C21H18ClFN4O2. The number of aromatic nitrogens is 3. The fraction of sp³-hybridized carbons (Fsp3) is 0.286. The van der Waals surface area contributed by atoms with Crippen LogP contribution in [0.1, 0.15) is 29.2 Å². The summed E-state index contributed by atoms with van der Waals surface area (Å²) < 4.78 is 15.8. The van der Waals surface area contributed by atoms with Crippen molar-refractivity contribution in [3.05, 3.63) is 65.2 Å². The van der Waals surface area contributed by atoms with E-state index in [1.807, 2.05) is 28.9 Å². The van der Waals surface area contributed by atoms with E-state index in [4.69, 9.17) is 11.6 Å². The molecule has 0 unspecified atom stereocenters. The molecule has 2 aromatic carbocycles. The molecule has 6 nitrogen and oxygen atoms in total. The largest absolute Gasteiger partial charge is 0.508 e. The number of rotatable bonds is 3. The van der Waals surface area contributed by atoms with Gasteiger partial charge in [-0.3, -0.25) is 4.79 Å². The van der Waals surface area contributed by atoms with E-state index in [1.165, 1.54) is 18.5 Å². The molecule has 1 N–H and O–H groups in total. The first-order valence-electron chi connectivity index (χ1n) is 9.38. The van der Waals surface area contributed by atoms with Gasteiger partial charge in [0, 0.05) is 24.1 Å². The Hall–Kier alpha value is -2.93. The molecule has 0 bridgehead atoms. The summed E-state index contributed by atoms with van der Waals surface area (Å²) >= 11 is 6.31. The minimum absolute atomic E-state index is 0.0390. The van der Waals surface area contributed by atoms with Crippen LogP contribution in [0, 0.1) is 11.2 Å². The van der Waals surface area contributed by atoms with Crippen molar-refractivity contribution in [3.63, 3.8) is 0 Å². The molecule has 148 valence electrons. The number of phenols is 1. The smallest absolute Gasteiger partial charge is 0.257 e. The molecule has 29 heavy (non-hydrogen) atoms. The summed E-state index contributed by atoms with van der Waals surface area (Å²) in [6, 6.07) is 11.3. The van der Waals surface area contributed by atoms with Crippen molar-refractivity contribution >= 4 is 17.5 Å². The van der Waals surface area contributed by atoms with E-state index < -0.39 is 5.82 Å². The van der Waals surface area contributed by atoms with Crippen molar-refractivity contribution in [1.82, 2.24) is 19.7 Å². The van der Waals surface area contributed by atoms with Crippen LogP contribution >= 0.6 is 11.6 Å². The number of amides is 1. The number of phenolic OH excluding ortho intramolecular Hbond substituents is 1. The Labute approximate surface area is 171 Å². The zero-order valence-electron chi connectivity index (χ0n) is 15.4. The second-order valence-electron chi connectivity index (χ2n) is 7.90. The maximum absolute atomic E-state index is 13.9. The van der Waals surface area contributed by atoms with E-state index in [-0.39, 0.29) is 28.7 Å². The van der Waals surface area contributed by atoms with Crippen LogP contribution in [0.4, 0.5) is 4.39 Å². The van der Waals surface area contributed by atoms with Crippen molar-refractivity contribution < 1.29 is 14.3 Å². The van der Waals surface area contributed by atoms with Crippen LogP contribution in [0.15, 0.2) is 48.8 Å². The van der Waals surface area contributed by atoms with Crippen molar-refractivity contribution in [2.24, 2.45) is 5.41 Å². The Morgan fingerprint density at radius 2 is 1.97 bits per heavy atom. The number of likely N-dealkylation sites (tertiary alicyclic amines) is 1. The molecule has 0 radical (unpaired) electrons. The summed E-state index contributed by atoms with van der Waals surface area (Å²) in [7, 11) is 0. The predicted molar refractivity (Wildman–Crippen MR) is 105 cm³/mol. The van der Waals surface area contributed by atoms with Gasteiger partial charge >= 0.3 is 0 Å². The molecule has 1 aliphatic carbocycles. The highest BCUT2D eigenvalue weighted by atomic mass is 35.5. The fourth-order valence-electron chi connectivity index (χ4n) is 4.48. The van der Waals surface area contributed by atoms with Gasteiger partial charge in [-0.25, -0.2) is 14.1 Å². The van der Waals surface area contributed by atoms with Crippen molar-refractivity contribution in [2.45, 2.75) is 18.9 Å². The van der Waals surface area contributed by atoms with Crippen LogP contribution in [0.3, 0.4) is 0 Å². The van der Waals surface area contributed by atoms with Gasteiger partial charge in [-0.1, -0.05) is 23.7 Å². The average molecular weight is 413 g/mol. The zero-order valence-corrected chi connectivity index (χ0v) is 16.2. The van der Waals surface area contributed by atoms with Crippen molar-refractivity contribution in [1.29, 1.82) is 0 Å². The van der Waals surface area contributed by atoms with E-state index in [0.29, 0.717) is 18.1 Å². The molecule has 5 rings (SSSR count). The van der Waals surface area contributed by atoms with Crippen LogP contribution in [0.5, 0.6) is 5.75 Å². The van der Waals surface area contributed by atoms with Crippen LogP contribution in [0.25, 0.3) is 11.4 Å². The topological polar surface area (TPSA) is 71.2 Å². The second kappa shape index (κ2) is 6.56. The maximum atomic E-state index is 13.9. The number of aromatic hydroxyl groups is 1. The van der Waals surface area contributed by atoms with Gasteiger partial charge in [0.05, 0.1) is 16.6 Å². The standard InChI is InChI=1S/C21H18ClFN4O2/c22-17-4-2-1-3-15(17)19-24-12-25-27(19)13-8-21(9-13)10-26(11-21)20(29)16-7-14(28)5-6-18(16)23/h1-7,12-13,28H,8-11H2. The Kier molecular flexibility index (Phi) is 4.10. The van der Waals surface area contributed by atoms with Gasteiger partial charge in [0.15, 0.2) is 5.82 Å². The molecule has 2 heterocycles. The quantitative estimate of drug-likeness (QED) is 0.707. The van der Waals surface area contributed by atoms with Gasteiger partial charge in [-0.05, 0) is 43.2 Å². The second-order valence-corrected chi connectivity index (χ2v) is 8.30. The molecule has 8 heteroatoms. The average Bonchev–Trinajstić information content (AvgIpc) is 3.11. The van der Waals surface area contributed by atoms with Gasteiger partial charge in [0.2, 0.25) is 0 Å². The Morgan fingerprint density at radius 1 is 1.21 bits per heavy atom. The lowest BCUT2D eigenvalue weighted by Crippen LogP contribution is -2.64. The predicted octanol–water partition coefficient (Wildman–Crippen LogP) is 3.92. The Bertz CT molecular complexity index is 1100. The first-order valence-corrected chi connectivity index (χ1v) is 9.76. The molecule has 1 amide bonds. The van der Waals surface area contributed by atoms with Crippen LogP contribution in [-0.4, -0.2) is 43.8 Å². The van der Waals surface area contributed by atoms with Crippen molar-refractivity contribution in [2.75, 3.05) is 13.1 Å². The van der Waals surface area contributed by atoms with E-state index >= 15 is 0 Å². The molecule has 2 aliphatic rings. The van der Waals surface area contributed by atoms with E-state index in [2.05, 4.69) is 10.1 Å². The molecule has 1 aromatic heterocycles. The number of carbonyl (C=O) groups is 1. The highest BCUT2D eigenvalue weighted by Crippen LogP contribution is 2.54. The van der Waals surface area contributed by atoms with Crippen LogP contribution < -0.4 is 0 Å². The third-order valence-electron chi connectivity index (χ3n) is 5.89. The monoisotopic (exact) mass is 412 g/mol. The molecular weight excluding hydrogens is 395 g/mol. The van der Waals surface area contributed by atoms with Gasteiger partial charge in [-0.15, -0.1) is 0 Å². The molecule has 2 fully saturated rings. The third-order valence-corrected chi connectivity index (χ3v) is 6.22. The minimum atomic E-state index is -0.618. The van der Waals surface area contributed by atoms with Crippen LogP contribution in [-0.2, 0) is 0 Å². The highest BCUT2D eigenvalue weighted by Gasteiger charge is 2.55. The van der Waals surface area contributed by atoms with Gasteiger partial charge < -0.3 is 10.0 Å². The van der Waals surface area contributed by atoms with Gasteiger partial charge in [-0.2, -0.15) is 5.10 Å². The van der Waals surface area contributed by atoms with E-state index in [9.17, 15) is 14.3 Å². The first-order chi connectivity index (χ1) is 14.0. The normalized spacial score (nSPS) is 17.8. The molecule has 1 spiro atoms. The fourth-order valence-corrected chi connectivity index (χ4v) is 4.70. The zero-order chi connectivity index (χ0) is 20.2. The lowest BCUT2D eigenvalue weighted by Gasteiger charge is -2.58. The lowest BCUT2D eigenvalue weighted by molar-refractivity contribution is -0.0736. The third kappa shape index (κ3) is 2.97. The molecule has 0 atom stereocenters. The summed E-state index contributed by atoms with van der Waals surface area (Å²) in [5.74, 6) is -0.381. The lowest BCUT2D eigenvalue weighted by atomic mass is 9.60. The number of hydrogen-bond acceptors (Lipinski definition) is 4.